The third-order valence-electron chi connectivity index (χ3n) is 7.33. The van der Waals surface area contributed by atoms with Gasteiger partial charge in [-0.2, -0.15) is 0 Å². The highest BCUT2D eigenvalue weighted by Crippen LogP contribution is 2.27. The number of carbonyl (C=O) groups is 2. The second-order valence-corrected chi connectivity index (χ2v) is 12.6. The lowest BCUT2D eigenvalue weighted by Gasteiger charge is -2.48. The molecule has 3 atom stereocenters. The lowest BCUT2D eigenvalue weighted by molar-refractivity contribution is -0.148. The summed E-state index contributed by atoms with van der Waals surface area (Å²) >= 11 is 13.9. The maximum absolute atomic E-state index is 13.9. The molecule has 0 saturated carbocycles. The van der Waals surface area contributed by atoms with Crippen LogP contribution in [-0.4, -0.2) is 69.6 Å². The summed E-state index contributed by atoms with van der Waals surface area (Å²) in [5.41, 5.74) is 8.97. The SMILES string of the molecule is CC(C)C[C@@H]1CN(C(=O)[C@H](N)Cc2ccc(Cl)cc2Cl)[C@@H](CCCNc2nncs2)CN1C(=O)CCc1ccco1. The van der Waals surface area contributed by atoms with Gasteiger partial charge in [0.05, 0.1) is 12.3 Å². The summed E-state index contributed by atoms with van der Waals surface area (Å²) in [6, 6.07) is 7.92. The summed E-state index contributed by atoms with van der Waals surface area (Å²) in [5.74, 6) is 1.09. The number of nitrogens with two attached hydrogens (primary N) is 1. The largest absolute Gasteiger partial charge is 0.469 e. The third-order valence-corrected chi connectivity index (χ3v) is 8.57. The Balaban J connectivity index is 1.49. The van der Waals surface area contributed by atoms with Gasteiger partial charge in [0.15, 0.2) is 0 Å². The maximum atomic E-state index is 13.9. The number of amides is 2. The van der Waals surface area contributed by atoms with Gasteiger partial charge in [0.1, 0.15) is 11.3 Å². The van der Waals surface area contributed by atoms with Crippen molar-refractivity contribution in [1.82, 2.24) is 20.0 Å². The minimum Gasteiger partial charge on any atom is -0.469 e. The summed E-state index contributed by atoms with van der Waals surface area (Å²) in [6.45, 7) is 5.86. The number of nitrogens with zero attached hydrogens (tertiary/aromatic N) is 4. The molecule has 1 saturated heterocycles. The van der Waals surface area contributed by atoms with Gasteiger partial charge in [0.25, 0.3) is 0 Å². The van der Waals surface area contributed by atoms with Gasteiger partial charge in [0.2, 0.25) is 16.9 Å². The molecule has 9 nitrogen and oxygen atoms in total. The Kier molecular flexibility index (Phi) is 11.4. The van der Waals surface area contributed by atoms with Crippen LogP contribution in [0.5, 0.6) is 0 Å². The predicted octanol–water partition coefficient (Wildman–Crippen LogP) is 5.29. The number of nitrogens with one attached hydrogen (secondary N) is 1. The van der Waals surface area contributed by atoms with Gasteiger partial charge < -0.3 is 25.3 Å². The summed E-state index contributed by atoms with van der Waals surface area (Å²) < 4.78 is 5.45. The number of aromatic nitrogens is 2. The number of carbonyl (C=O) groups excluding carboxylic acids is 2. The van der Waals surface area contributed by atoms with Crippen LogP contribution in [0.25, 0.3) is 0 Å². The lowest BCUT2D eigenvalue weighted by atomic mass is 9.94. The molecule has 4 rings (SSSR count). The standard InChI is InChI=1S/C29H38Cl2N6O3S/c1-19(2)13-23-17-37(28(39)26(32)14-20-7-8-21(30)15-25(20)31)22(5-3-11-33-29-35-34-18-41-29)16-36(23)27(38)10-9-24-6-4-12-40-24/h4,6-8,12,15,18-19,22-23,26H,3,5,9-11,13-14,16-17,32H2,1-2H3,(H,33,35)/t22-,23+,26+/m0/s1. The molecule has 41 heavy (non-hydrogen) atoms. The van der Waals surface area contributed by atoms with E-state index in [0.717, 1.165) is 29.3 Å². The van der Waals surface area contributed by atoms with E-state index in [1.165, 1.54) is 11.3 Å². The number of benzene rings is 1. The van der Waals surface area contributed by atoms with Crippen molar-refractivity contribution >= 4 is 51.5 Å². The molecule has 1 aliphatic rings. The van der Waals surface area contributed by atoms with Crippen molar-refractivity contribution in [3.63, 3.8) is 0 Å². The van der Waals surface area contributed by atoms with Gasteiger partial charge in [0, 0.05) is 54.6 Å². The Morgan fingerprint density at radius 3 is 2.68 bits per heavy atom. The molecule has 2 amide bonds. The number of hydrogen-bond acceptors (Lipinski definition) is 8. The summed E-state index contributed by atoms with van der Waals surface area (Å²) in [6.07, 6.45) is 5.12. The number of furan rings is 1. The van der Waals surface area contributed by atoms with Crippen LogP contribution in [0, 0.1) is 5.92 Å². The van der Waals surface area contributed by atoms with Crippen LogP contribution < -0.4 is 11.1 Å². The molecule has 12 heteroatoms. The molecule has 1 aromatic carbocycles. The van der Waals surface area contributed by atoms with Gasteiger partial charge in [-0.25, -0.2) is 0 Å². The van der Waals surface area contributed by atoms with E-state index in [2.05, 4.69) is 29.4 Å². The molecule has 0 spiro atoms. The Bertz CT molecular complexity index is 1260. The van der Waals surface area contributed by atoms with E-state index in [0.29, 0.717) is 61.3 Å². The summed E-state index contributed by atoms with van der Waals surface area (Å²) in [5, 5.41) is 13.0. The van der Waals surface area contributed by atoms with E-state index in [4.69, 9.17) is 33.4 Å². The number of aryl methyl sites for hydroxylation is 1. The van der Waals surface area contributed by atoms with Gasteiger partial charge in [-0.15, -0.1) is 10.2 Å². The second-order valence-electron chi connectivity index (χ2n) is 10.9. The Labute approximate surface area is 255 Å². The first-order chi connectivity index (χ1) is 19.7. The fourth-order valence-corrected chi connectivity index (χ4v) is 6.31. The number of halogens is 2. The topological polar surface area (TPSA) is 118 Å². The highest BCUT2D eigenvalue weighted by Gasteiger charge is 2.39. The first-order valence-corrected chi connectivity index (χ1v) is 15.7. The second kappa shape index (κ2) is 15.0. The molecular weight excluding hydrogens is 583 g/mol. The first-order valence-electron chi connectivity index (χ1n) is 14.0. The molecule has 0 unspecified atom stereocenters. The zero-order valence-electron chi connectivity index (χ0n) is 23.5. The average Bonchev–Trinajstić information content (AvgIpc) is 3.65. The van der Waals surface area contributed by atoms with Crippen LogP contribution in [0.2, 0.25) is 10.0 Å². The van der Waals surface area contributed by atoms with Crippen molar-refractivity contribution in [2.75, 3.05) is 25.0 Å². The van der Waals surface area contributed by atoms with Crippen LogP contribution in [-0.2, 0) is 22.4 Å². The van der Waals surface area contributed by atoms with E-state index < -0.39 is 6.04 Å². The molecule has 3 N–H and O–H groups in total. The van der Waals surface area contributed by atoms with Gasteiger partial charge in [-0.3, -0.25) is 9.59 Å². The number of hydrogen-bond donors (Lipinski definition) is 2. The minimum absolute atomic E-state index is 0.0772. The normalized spacial score (nSPS) is 18.1. The van der Waals surface area contributed by atoms with Crippen LogP contribution >= 0.6 is 34.5 Å². The van der Waals surface area contributed by atoms with Crippen molar-refractivity contribution in [3.05, 3.63) is 63.5 Å². The van der Waals surface area contributed by atoms with Crippen LogP contribution in [0.3, 0.4) is 0 Å². The van der Waals surface area contributed by atoms with Crippen molar-refractivity contribution in [2.45, 2.75) is 70.5 Å². The number of rotatable bonds is 13. The average molecular weight is 622 g/mol. The quantitative estimate of drug-likeness (QED) is 0.249. The highest BCUT2D eigenvalue weighted by atomic mass is 35.5. The van der Waals surface area contributed by atoms with E-state index in [9.17, 15) is 9.59 Å². The van der Waals surface area contributed by atoms with E-state index >= 15 is 0 Å². The zero-order chi connectivity index (χ0) is 29.4. The molecule has 1 aliphatic heterocycles. The van der Waals surface area contributed by atoms with E-state index in [1.807, 2.05) is 28.0 Å². The molecule has 1 fully saturated rings. The molecule has 0 radical (unpaired) electrons. The molecule has 0 aliphatic carbocycles. The van der Waals surface area contributed by atoms with Gasteiger partial charge in [-0.05, 0) is 61.4 Å². The van der Waals surface area contributed by atoms with Crippen molar-refractivity contribution in [1.29, 1.82) is 0 Å². The van der Waals surface area contributed by atoms with E-state index in [-0.39, 0.29) is 23.9 Å². The molecule has 0 bridgehead atoms. The molecule has 3 heterocycles. The summed E-state index contributed by atoms with van der Waals surface area (Å²) in [7, 11) is 0. The van der Waals surface area contributed by atoms with Crippen LogP contribution in [0.4, 0.5) is 5.13 Å². The monoisotopic (exact) mass is 620 g/mol. The van der Waals surface area contributed by atoms with Crippen molar-refractivity contribution in [3.8, 4) is 0 Å². The highest BCUT2D eigenvalue weighted by molar-refractivity contribution is 7.13. The maximum Gasteiger partial charge on any atom is 0.240 e. The first kappa shape index (κ1) is 31.3. The molecule has 2 aromatic heterocycles. The summed E-state index contributed by atoms with van der Waals surface area (Å²) in [4.78, 5) is 31.3. The predicted molar refractivity (Wildman–Crippen MR) is 163 cm³/mol. The zero-order valence-corrected chi connectivity index (χ0v) is 25.8. The Hall–Kier alpha value is -2.66. The molecular formula is C29H38Cl2N6O3S. The van der Waals surface area contributed by atoms with Gasteiger partial charge >= 0.3 is 0 Å². The lowest BCUT2D eigenvalue weighted by Crippen LogP contribution is -2.63. The molecule has 222 valence electrons. The fourth-order valence-electron chi connectivity index (χ4n) is 5.35. The van der Waals surface area contributed by atoms with Crippen LogP contribution in [0.1, 0.15) is 50.9 Å². The third kappa shape index (κ3) is 8.91. The van der Waals surface area contributed by atoms with E-state index in [1.54, 1.807) is 23.9 Å². The van der Waals surface area contributed by atoms with Crippen molar-refractivity contribution in [2.24, 2.45) is 11.7 Å². The molecule has 3 aromatic rings. The van der Waals surface area contributed by atoms with Crippen LogP contribution in [0.15, 0.2) is 46.5 Å². The Morgan fingerprint density at radius 1 is 1.20 bits per heavy atom. The van der Waals surface area contributed by atoms with Gasteiger partial charge in [-0.1, -0.05) is 54.5 Å². The minimum atomic E-state index is -0.767. The Morgan fingerprint density at radius 2 is 2.00 bits per heavy atom. The van der Waals surface area contributed by atoms with Crippen molar-refractivity contribution < 1.29 is 14.0 Å². The number of anilines is 1. The number of piperazine rings is 1. The smallest absolute Gasteiger partial charge is 0.240 e. The fraction of sp³-hybridized carbons (Fsp3) is 0.517.